The molecule has 0 aliphatic heterocycles. The number of hydrogen-bond acceptors (Lipinski definition) is 6. The van der Waals surface area contributed by atoms with Gasteiger partial charge in [0.1, 0.15) is 5.75 Å². The first-order valence-electron chi connectivity index (χ1n) is 6.53. The van der Waals surface area contributed by atoms with Crippen LogP contribution in [0.1, 0.15) is 25.3 Å². The molecule has 0 bridgehead atoms. The number of hydrogen-bond donors (Lipinski definition) is 2. The van der Waals surface area contributed by atoms with Gasteiger partial charge in [0.05, 0.1) is 11.6 Å². The van der Waals surface area contributed by atoms with Crippen LogP contribution in [-0.4, -0.2) is 41.1 Å². The van der Waals surface area contributed by atoms with Crippen LogP contribution in [0, 0.1) is 0 Å². The first-order chi connectivity index (χ1) is 10.5. The van der Waals surface area contributed by atoms with Crippen LogP contribution in [0.2, 0.25) is 5.02 Å². The number of unbranched alkanes of at least 4 members (excludes halogenated alkanes) is 1. The van der Waals surface area contributed by atoms with Crippen molar-refractivity contribution in [1.29, 1.82) is 0 Å². The number of phenolic OH excluding ortho intramolecular Hbond substituents is 1. The second-order valence-electron chi connectivity index (χ2n) is 4.26. The van der Waals surface area contributed by atoms with Gasteiger partial charge in [0.2, 0.25) is 6.61 Å². The monoisotopic (exact) mass is 329 g/mol. The van der Waals surface area contributed by atoms with E-state index >= 15 is 0 Å². The van der Waals surface area contributed by atoms with Crippen molar-refractivity contribution in [2.75, 3.05) is 13.2 Å². The number of ether oxygens (including phenoxy) is 1. The number of carboxylic acids is 1. The summed E-state index contributed by atoms with van der Waals surface area (Å²) in [5.74, 6) is -2.18. The Labute approximate surface area is 132 Å². The third-order valence-electron chi connectivity index (χ3n) is 2.52. The van der Waals surface area contributed by atoms with Gasteiger partial charge >= 0.3 is 11.9 Å². The topological polar surface area (TPSA) is 105 Å². The second kappa shape index (κ2) is 8.89. The number of benzene rings is 1. The van der Waals surface area contributed by atoms with Crippen molar-refractivity contribution in [2.45, 2.75) is 19.8 Å². The van der Waals surface area contributed by atoms with E-state index in [0.717, 1.165) is 12.8 Å². The van der Waals surface area contributed by atoms with E-state index in [1.165, 1.54) is 18.2 Å². The number of phenols is 1. The lowest BCUT2D eigenvalue weighted by Crippen LogP contribution is -2.17. The number of carbonyl (C=O) groups excluding carboxylic acids is 1. The molecule has 1 aromatic carbocycles. The highest BCUT2D eigenvalue weighted by molar-refractivity contribution is 6.43. The lowest BCUT2D eigenvalue weighted by atomic mass is 10.1. The molecule has 2 N–H and O–H groups in total. The van der Waals surface area contributed by atoms with Gasteiger partial charge in [0.25, 0.3) is 0 Å². The highest BCUT2D eigenvalue weighted by atomic mass is 35.5. The molecule has 8 heteroatoms. The normalized spacial score (nSPS) is 11.1. The van der Waals surface area contributed by atoms with Crippen LogP contribution in [0.5, 0.6) is 5.75 Å². The molecule has 0 amide bonds. The summed E-state index contributed by atoms with van der Waals surface area (Å²) >= 11 is 5.71. The molecule has 120 valence electrons. The molecule has 0 spiro atoms. The van der Waals surface area contributed by atoms with Gasteiger partial charge in [-0.2, -0.15) is 0 Å². The number of aromatic hydroxyl groups is 1. The van der Waals surface area contributed by atoms with E-state index in [1.807, 2.05) is 6.92 Å². The van der Waals surface area contributed by atoms with Crippen LogP contribution in [0.15, 0.2) is 23.4 Å². The zero-order chi connectivity index (χ0) is 16.5. The predicted octanol–water partition coefficient (Wildman–Crippen LogP) is 2.19. The maximum atomic E-state index is 11.3. The minimum atomic E-state index is -1.36. The van der Waals surface area contributed by atoms with Crippen LogP contribution in [-0.2, 0) is 19.2 Å². The molecule has 0 aliphatic carbocycles. The Balaban J connectivity index is 2.69. The SMILES string of the molecule is CCCCOC(=O)CON=C(C(=O)O)c1ccc(O)c(Cl)c1. The number of aliphatic carboxylic acids is 1. The van der Waals surface area contributed by atoms with Crippen molar-refractivity contribution in [1.82, 2.24) is 0 Å². The summed E-state index contributed by atoms with van der Waals surface area (Å²) in [4.78, 5) is 27.1. The third-order valence-corrected chi connectivity index (χ3v) is 2.83. The zero-order valence-electron chi connectivity index (χ0n) is 11.9. The first kappa shape index (κ1) is 17.8. The summed E-state index contributed by atoms with van der Waals surface area (Å²) in [7, 11) is 0. The summed E-state index contributed by atoms with van der Waals surface area (Å²) in [6, 6.07) is 3.78. The highest BCUT2D eigenvalue weighted by Crippen LogP contribution is 2.24. The Bertz CT molecular complexity index is 572. The number of oxime groups is 1. The fourth-order valence-electron chi connectivity index (χ4n) is 1.39. The Hall–Kier alpha value is -2.28. The molecule has 0 saturated carbocycles. The molecule has 0 radical (unpaired) electrons. The lowest BCUT2D eigenvalue weighted by Gasteiger charge is -2.05. The molecule has 1 rings (SSSR count). The van der Waals surface area contributed by atoms with Gasteiger partial charge in [-0.1, -0.05) is 30.1 Å². The van der Waals surface area contributed by atoms with Crippen LogP contribution < -0.4 is 0 Å². The summed E-state index contributed by atoms with van der Waals surface area (Å²) in [5, 5.41) is 21.8. The minimum Gasteiger partial charge on any atom is -0.506 e. The van der Waals surface area contributed by atoms with Crippen LogP contribution in [0.4, 0.5) is 0 Å². The molecule has 22 heavy (non-hydrogen) atoms. The standard InChI is InChI=1S/C14H16ClNO6/c1-2-3-6-21-12(18)8-22-16-13(14(19)20)9-4-5-11(17)10(15)7-9/h4-5,7,17H,2-3,6,8H2,1H3,(H,19,20). The molecule has 0 unspecified atom stereocenters. The van der Waals surface area contributed by atoms with Gasteiger partial charge in [-0.15, -0.1) is 0 Å². The molecule has 7 nitrogen and oxygen atoms in total. The highest BCUT2D eigenvalue weighted by Gasteiger charge is 2.15. The van der Waals surface area contributed by atoms with Crippen molar-refractivity contribution in [3.05, 3.63) is 28.8 Å². The summed E-state index contributed by atoms with van der Waals surface area (Å²) < 4.78 is 4.83. The van der Waals surface area contributed by atoms with Gasteiger partial charge in [0.15, 0.2) is 5.71 Å². The van der Waals surface area contributed by atoms with E-state index in [0.29, 0.717) is 0 Å². The fourth-order valence-corrected chi connectivity index (χ4v) is 1.57. The summed E-state index contributed by atoms with van der Waals surface area (Å²) in [6.45, 7) is 1.74. The lowest BCUT2D eigenvalue weighted by molar-refractivity contribution is -0.149. The van der Waals surface area contributed by atoms with Gasteiger partial charge in [-0.05, 0) is 24.6 Å². The zero-order valence-corrected chi connectivity index (χ0v) is 12.7. The quantitative estimate of drug-likeness (QED) is 0.328. The second-order valence-corrected chi connectivity index (χ2v) is 4.67. The van der Waals surface area contributed by atoms with Crippen molar-refractivity contribution >= 4 is 29.3 Å². The molecule has 0 fully saturated rings. The molecule has 1 aromatic rings. The Morgan fingerprint density at radius 3 is 2.68 bits per heavy atom. The first-order valence-corrected chi connectivity index (χ1v) is 6.91. The maximum Gasteiger partial charge on any atom is 0.358 e. The van der Waals surface area contributed by atoms with Crippen molar-refractivity contribution in [3.63, 3.8) is 0 Å². The maximum absolute atomic E-state index is 11.3. The van der Waals surface area contributed by atoms with E-state index in [9.17, 15) is 14.7 Å². The van der Waals surface area contributed by atoms with Gasteiger partial charge in [-0.3, -0.25) is 0 Å². The number of halogens is 1. The fraction of sp³-hybridized carbons (Fsp3) is 0.357. The molecule has 0 saturated heterocycles. The van der Waals surface area contributed by atoms with E-state index < -0.39 is 24.3 Å². The Morgan fingerprint density at radius 1 is 1.36 bits per heavy atom. The summed E-state index contributed by atoms with van der Waals surface area (Å²) in [6.07, 6.45) is 1.62. The minimum absolute atomic E-state index is 0.0228. The van der Waals surface area contributed by atoms with Crippen LogP contribution >= 0.6 is 11.6 Å². The molecule has 0 aromatic heterocycles. The number of nitrogens with zero attached hydrogens (tertiary/aromatic N) is 1. The molecular weight excluding hydrogens is 314 g/mol. The van der Waals surface area contributed by atoms with E-state index in [-0.39, 0.29) is 22.9 Å². The Kier molecular flexibility index (Phi) is 7.18. The van der Waals surface area contributed by atoms with Crippen LogP contribution in [0.3, 0.4) is 0 Å². The van der Waals surface area contributed by atoms with Crippen molar-refractivity contribution < 1.29 is 29.4 Å². The number of esters is 1. The molecule has 0 atom stereocenters. The number of rotatable bonds is 8. The summed E-state index contributed by atoms with van der Waals surface area (Å²) in [5.41, 5.74) is -0.307. The van der Waals surface area contributed by atoms with Crippen molar-refractivity contribution in [2.24, 2.45) is 5.16 Å². The van der Waals surface area contributed by atoms with E-state index in [2.05, 4.69) is 5.16 Å². The smallest absolute Gasteiger partial charge is 0.358 e. The Morgan fingerprint density at radius 2 is 2.09 bits per heavy atom. The van der Waals surface area contributed by atoms with Gasteiger partial charge < -0.3 is 19.8 Å². The van der Waals surface area contributed by atoms with Gasteiger partial charge in [-0.25, -0.2) is 9.59 Å². The largest absolute Gasteiger partial charge is 0.506 e. The van der Waals surface area contributed by atoms with Crippen LogP contribution in [0.25, 0.3) is 0 Å². The average Bonchev–Trinajstić information content (AvgIpc) is 2.46. The van der Waals surface area contributed by atoms with Crippen molar-refractivity contribution in [3.8, 4) is 5.75 Å². The molecule has 0 heterocycles. The number of carboxylic acid groups (broad SMARTS) is 1. The third kappa shape index (κ3) is 5.61. The predicted molar refractivity (Wildman–Crippen MR) is 79.1 cm³/mol. The average molecular weight is 330 g/mol. The van der Waals surface area contributed by atoms with Gasteiger partial charge in [0, 0.05) is 5.56 Å². The number of carbonyl (C=O) groups is 2. The molecular formula is C14H16ClNO6. The molecule has 0 aliphatic rings. The van der Waals surface area contributed by atoms with E-state index in [1.54, 1.807) is 0 Å². The van der Waals surface area contributed by atoms with E-state index in [4.69, 9.17) is 26.3 Å².